The highest BCUT2D eigenvalue weighted by Crippen LogP contribution is 2.27. The van der Waals surface area contributed by atoms with Gasteiger partial charge in [0.15, 0.2) is 0 Å². The van der Waals surface area contributed by atoms with E-state index in [1.165, 1.54) is 52.8 Å². The molecular weight excluding hydrogens is 469 g/mol. The molecule has 1 atom stereocenters. The Morgan fingerprint density at radius 3 is 2.12 bits per heavy atom. The number of halogens is 2. The zero-order chi connectivity index (χ0) is 24.2. The van der Waals surface area contributed by atoms with Gasteiger partial charge < -0.3 is 10.6 Å². The van der Waals surface area contributed by atoms with Crippen LogP contribution in [0.25, 0.3) is 0 Å². The van der Waals surface area contributed by atoms with Gasteiger partial charge in [0, 0.05) is 29.7 Å². The van der Waals surface area contributed by atoms with E-state index >= 15 is 0 Å². The molecule has 2 aromatic rings. The van der Waals surface area contributed by atoms with Gasteiger partial charge in [0.1, 0.15) is 11.9 Å². The normalized spacial score (nSPS) is 16.4. The number of piperidine rings is 1. The number of carbonyl (C=O) groups is 2. The van der Waals surface area contributed by atoms with Gasteiger partial charge in [-0.1, -0.05) is 11.6 Å². The summed E-state index contributed by atoms with van der Waals surface area (Å²) in [4.78, 5) is 25.7. The standard InChI is InChI=1S/C23H27ClFN3O4S/c1-15(2)26-23(30)21(27-22(29)17-3-7-19(25)8-4-17)16-11-13-28(14-12-16)33(31,32)20-9-5-18(24)6-10-20/h3-10,15-16,21H,11-14H2,1-2H3,(H,26,30)(H,27,29)/t21-/m0/s1. The lowest BCUT2D eigenvalue weighted by molar-refractivity contribution is -0.125. The van der Waals surface area contributed by atoms with Crippen LogP contribution in [0.15, 0.2) is 53.4 Å². The molecule has 2 aromatic carbocycles. The third-order valence-corrected chi connectivity index (χ3v) is 7.69. The number of nitrogens with one attached hydrogen (secondary N) is 2. The summed E-state index contributed by atoms with van der Waals surface area (Å²) in [5.41, 5.74) is 0.237. The number of benzene rings is 2. The minimum atomic E-state index is -3.69. The largest absolute Gasteiger partial charge is 0.352 e. The zero-order valence-corrected chi connectivity index (χ0v) is 20.0. The van der Waals surface area contributed by atoms with E-state index < -0.39 is 27.8 Å². The van der Waals surface area contributed by atoms with Gasteiger partial charge in [0.2, 0.25) is 15.9 Å². The van der Waals surface area contributed by atoms with Crippen LogP contribution in [0.3, 0.4) is 0 Å². The Labute approximate surface area is 198 Å². The Kier molecular flexibility index (Phi) is 8.10. The Bertz CT molecular complexity index is 1080. The number of amides is 2. The lowest BCUT2D eigenvalue weighted by Gasteiger charge is -2.35. The number of hydrogen-bond donors (Lipinski definition) is 2. The second kappa shape index (κ2) is 10.6. The highest BCUT2D eigenvalue weighted by atomic mass is 35.5. The van der Waals surface area contributed by atoms with Crippen LogP contribution in [0.1, 0.15) is 37.0 Å². The van der Waals surface area contributed by atoms with E-state index in [1.807, 2.05) is 13.8 Å². The fourth-order valence-corrected chi connectivity index (χ4v) is 5.40. The van der Waals surface area contributed by atoms with Gasteiger partial charge in [-0.3, -0.25) is 9.59 Å². The predicted octanol–water partition coefficient (Wildman–Crippen LogP) is 3.20. The van der Waals surface area contributed by atoms with Gasteiger partial charge in [-0.2, -0.15) is 4.31 Å². The highest BCUT2D eigenvalue weighted by molar-refractivity contribution is 7.89. The summed E-state index contributed by atoms with van der Waals surface area (Å²) in [7, 11) is -3.69. The molecular formula is C23H27ClFN3O4S. The average Bonchev–Trinajstić information content (AvgIpc) is 2.77. The van der Waals surface area contributed by atoms with Gasteiger partial charge in [0.25, 0.3) is 5.91 Å². The van der Waals surface area contributed by atoms with Crippen molar-refractivity contribution in [1.29, 1.82) is 0 Å². The van der Waals surface area contributed by atoms with Gasteiger partial charge in [-0.25, -0.2) is 12.8 Å². The Morgan fingerprint density at radius 2 is 1.58 bits per heavy atom. The third-order valence-electron chi connectivity index (χ3n) is 5.53. The van der Waals surface area contributed by atoms with Crippen molar-refractivity contribution in [3.05, 3.63) is 64.9 Å². The molecule has 1 heterocycles. The van der Waals surface area contributed by atoms with E-state index in [-0.39, 0.29) is 41.4 Å². The quantitative estimate of drug-likeness (QED) is 0.616. The van der Waals surface area contributed by atoms with Crippen molar-refractivity contribution in [3.63, 3.8) is 0 Å². The van der Waals surface area contributed by atoms with Crippen LogP contribution in [0, 0.1) is 11.7 Å². The lowest BCUT2D eigenvalue weighted by atomic mass is 9.89. The number of nitrogens with zero attached hydrogens (tertiary/aromatic N) is 1. The first-order valence-corrected chi connectivity index (χ1v) is 12.5. The topological polar surface area (TPSA) is 95.6 Å². The van der Waals surface area contributed by atoms with Gasteiger partial charge in [0.05, 0.1) is 4.90 Å². The van der Waals surface area contributed by atoms with Crippen molar-refractivity contribution in [1.82, 2.24) is 14.9 Å². The minimum Gasteiger partial charge on any atom is -0.352 e. The van der Waals surface area contributed by atoms with E-state index in [1.54, 1.807) is 0 Å². The first-order valence-electron chi connectivity index (χ1n) is 10.7. The molecule has 3 rings (SSSR count). The molecule has 0 radical (unpaired) electrons. The SMILES string of the molecule is CC(C)NC(=O)[C@@H](NC(=O)c1ccc(F)cc1)C1CCN(S(=O)(=O)c2ccc(Cl)cc2)CC1. The summed E-state index contributed by atoms with van der Waals surface area (Å²) in [5, 5.41) is 6.03. The molecule has 0 aromatic heterocycles. The zero-order valence-electron chi connectivity index (χ0n) is 18.4. The van der Waals surface area contributed by atoms with E-state index in [0.29, 0.717) is 17.9 Å². The van der Waals surface area contributed by atoms with E-state index in [2.05, 4.69) is 10.6 Å². The molecule has 1 saturated heterocycles. The van der Waals surface area contributed by atoms with E-state index in [9.17, 15) is 22.4 Å². The summed E-state index contributed by atoms with van der Waals surface area (Å²) in [6, 6.07) is 10.1. The van der Waals surface area contributed by atoms with Crippen LogP contribution >= 0.6 is 11.6 Å². The Morgan fingerprint density at radius 1 is 1.00 bits per heavy atom. The molecule has 10 heteroatoms. The van der Waals surface area contributed by atoms with Crippen LogP contribution in [-0.4, -0.2) is 49.7 Å². The molecule has 2 N–H and O–H groups in total. The fraction of sp³-hybridized carbons (Fsp3) is 0.391. The first kappa shape index (κ1) is 25.1. The minimum absolute atomic E-state index is 0.131. The molecule has 0 bridgehead atoms. The van der Waals surface area contributed by atoms with Gasteiger partial charge in [-0.05, 0) is 81.1 Å². The molecule has 0 saturated carbocycles. The smallest absolute Gasteiger partial charge is 0.251 e. The molecule has 0 unspecified atom stereocenters. The number of rotatable bonds is 7. The Hall–Kier alpha value is -2.49. The second-order valence-corrected chi connectivity index (χ2v) is 10.7. The van der Waals surface area contributed by atoms with Crippen molar-refractivity contribution >= 4 is 33.4 Å². The van der Waals surface area contributed by atoms with Crippen LogP contribution in [-0.2, 0) is 14.8 Å². The lowest BCUT2D eigenvalue weighted by Crippen LogP contribution is -2.54. The van der Waals surface area contributed by atoms with E-state index in [4.69, 9.17) is 11.6 Å². The Balaban J connectivity index is 1.73. The molecule has 1 aliphatic rings. The van der Waals surface area contributed by atoms with Crippen LogP contribution < -0.4 is 10.6 Å². The van der Waals surface area contributed by atoms with Crippen LogP contribution in [0.4, 0.5) is 4.39 Å². The number of carbonyl (C=O) groups excluding carboxylic acids is 2. The molecule has 178 valence electrons. The van der Waals surface area contributed by atoms with Crippen molar-refractivity contribution < 1.29 is 22.4 Å². The highest BCUT2D eigenvalue weighted by Gasteiger charge is 2.36. The summed E-state index contributed by atoms with van der Waals surface area (Å²) in [6.45, 7) is 4.07. The molecule has 1 aliphatic heterocycles. The molecule has 1 fully saturated rings. The van der Waals surface area contributed by atoms with E-state index in [0.717, 1.165) is 0 Å². The molecule has 0 spiro atoms. The van der Waals surface area contributed by atoms with Crippen LogP contribution in [0.5, 0.6) is 0 Å². The van der Waals surface area contributed by atoms with Crippen molar-refractivity contribution in [2.75, 3.05) is 13.1 Å². The summed E-state index contributed by atoms with van der Waals surface area (Å²) >= 11 is 5.86. The fourth-order valence-electron chi connectivity index (χ4n) is 3.80. The summed E-state index contributed by atoms with van der Waals surface area (Å²) < 4.78 is 40.5. The maximum Gasteiger partial charge on any atom is 0.251 e. The molecule has 0 aliphatic carbocycles. The van der Waals surface area contributed by atoms with Gasteiger partial charge in [-0.15, -0.1) is 0 Å². The molecule has 33 heavy (non-hydrogen) atoms. The van der Waals surface area contributed by atoms with Crippen LogP contribution in [0.2, 0.25) is 5.02 Å². The average molecular weight is 496 g/mol. The monoisotopic (exact) mass is 495 g/mol. The summed E-state index contributed by atoms with van der Waals surface area (Å²) in [6.07, 6.45) is 0.791. The predicted molar refractivity (Wildman–Crippen MR) is 124 cm³/mol. The first-order chi connectivity index (χ1) is 15.6. The maximum absolute atomic E-state index is 13.2. The molecule has 7 nitrogen and oxygen atoms in total. The van der Waals surface area contributed by atoms with Gasteiger partial charge >= 0.3 is 0 Å². The summed E-state index contributed by atoms with van der Waals surface area (Å²) in [5.74, 6) is -1.55. The second-order valence-electron chi connectivity index (χ2n) is 8.32. The number of sulfonamides is 1. The molecule has 2 amide bonds. The van der Waals surface area contributed by atoms with Crippen molar-refractivity contribution in [2.45, 2.75) is 43.7 Å². The number of hydrogen-bond acceptors (Lipinski definition) is 4. The van der Waals surface area contributed by atoms with Crippen molar-refractivity contribution in [2.24, 2.45) is 5.92 Å². The third kappa shape index (κ3) is 6.31. The van der Waals surface area contributed by atoms with Crippen molar-refractivity contribution in [3.8, 4) is 0 Å². The maximum atomic E-state index is 13.2.